The van der Waals surface area contributed by atoms with Gasteiger partial charge in [-0.2, -0.15) is 5.26 Å². The van der Waals surface area contributed by atoms with Gasteiger partial charge in [0.05, 0.1) is 5.02 Å². The van der Waals surface area contributed by atoms with Crippen molar-refractivity contribution >= 4 is 11.6 Å². The number of para-hydroxylation sites is 1. The summed E-state index contributed by atoms with van der Waals surface area (Å²) >= 11 is 6.06. The van der Waals surface area contributed by atoms with Crippen LogP contribution in [0.5, 0.6) is 5.75 Å². The molecule has 0 aliphatic carbocycles. The second kappa shape index (κ2) is 6.37. The normalized spacial score (nSPS) is 11.9. The van der Waals surface area contributed by atoms with Gasteiger partial charge in [-0.3, -0.25) is 0 Å². The lowest BCUT2D eigenvalue weighted by atomic mass is 10.2. The maximum atomic E-state index is 8.87. The molecular weight excluding hydrogens is 224 g/mol. The molecule has 0 spiro atoms. The first kappa shape index (κ1) is 12.8. The van der Waals surface area contributed by atoms with Crippen molar-refractivity contribution in [3.05, 3.63) is 28.8 Å². The average molecular weight is 239 g/mol. The van der Waals surface area contributed by atoms with Crippen LogP contribution in [0.3, 0.4) is 0 Å². The van der Waals surface area contributed by atoms with E-state index < -0.39 is 6.10 Å². The number of hydrogen-bond donors (Lipinski definition) is 1. The lowest BCUT2D eigenvalue weighted by Crippen LogP contribution is -2.15. The Bertz CT molecular complexity index is 387. The number of halogens is 1. The molecule has 0 heterocycles. The van der Waals surface area contributed by atoms with E-state index in [1.54, 1.807) is 6.07 Å². The average Bonchev–Trinajstić information content (AvgIpc) is 2.29. The van der Waals surface area contributed by atoms with Crippen molar-refractivity contribution in [3.63, 3.8) is 0 Å². The monoisotopic (exact) mass is 238 g/mol. The maximum Gasteiger partial charge on any atom is 0.184 e. The number of nitrogens with one attached hydrogen (secondary N) is 1. The second-order valence-electron chi connectivity index (χ2n) is 3.40. The predicted molar refractivity (Wildman–Crippen MR) is 64.5 cm³/mol. The molecule has 1 N–H and O–H groups in total. The fourth-order valence-electron chi connectivity index (χ4n) is 1.36. The molecule has 0 aliphatic rings. The van der Waals surface area contributed by atoms with Crippen molar-refractivity contribution in [2.45, 2.75) is 26.0 Å². The van der Waals surface area contributed by atoms with E-state index in [0.717, 1.165) is 5.56 Å². The molecule has 0 bridgehead atoms. The summed E-state index contributed by atoms with van der Waals surface area (Å²) in [6.45, 7) is 2.57. The minimum atomic E-state index is -0.449. The Kier molecular flexibility index (Phi) is 5.10. The minimum Gasteiger partial charge on any atom is -0.474 e. The van der Waals surface area contributed by atoms with Gasteiger partial charge in [-0.05, 0) is 19.5 Å². The van der Waals surface area contributed by atoms with Crippen molar-refractivity contribution < 1.29 is 4.74 Å². The molecule has 1 atom stereocenters. The molecule has 0 aliphatic heterocycles. The zero-order chi connectivity index (χ0) is 12.0. The Balaban J connectivity index is 2.96. The topological polar surface area (TPSA) is 45.0 Å². The summed E-state index contributed by atoms with van der Waals surface area (Å²) in [4.78, 5) is 0. The Hall–Kier alpha value is -1.24. The fraction of sp³-hybridized carbons (Fsp3) is 0.417. The highest BCUT2D eigenvalue weighted by Crippen LogP contribution is 2.29. The number of ether oxygens (including phenoxy) is 1. The highest BCUT2D eigenvalue weighted by atomic mass is 35.5. The van der Waals surface area contributed by atoms with Crippen LogP contribution in [0, 0.1) is 11.3 Å². The van der Waals surface area contributed by atoms with Crippen LogP contribution in [0.4, 0.5) is 0 Å². The first-order valence-corrected chi connectivity index (χ1v) is 5.59. The van der Waals surface area contributed by atoms with Crippen LogP contribution in [0.2, 0.25) is 5.02 Å². The van der Waals surface area contributed by atoms with Gasteiger partial charge in [0.15, 0.2) is 6.10 Å². The summed E-state index contributed by atoms with van der Waals surface area (Å²) in [7, 11) is 1.85. The Morgan fingerprint density at radius 1 is 1.56 bits per heavy atom. The van der Waals surface area contributed by atoms with Crippen LogP contribution in [-0.2, 0) is 6.54 Å². The molecule has 1 unspecified atom stereocenters. The van der Waals surface area contributed by atoms with Crippen molar-refractivity contribution in [3.8, 4) is 11.8 Å². The zero-order valence-corrected chi connectivity index (χ0v) is 10.2. The van der Waals surface area contributed by atoms with Crippen molar-refractivity contribution in [1.29, 1.82) is 5.26 Å². The third-order valence-corrected chi connectivity index (χ3v) is 2.49. The van der Waals surface area contributed by atoms with E-state index >= 15 is 0 Å². The van der Waals surface area contributed by atoms with Gasteiger partial charge in [-0.25, -0.2) is 0 Å². The van der Waals surface area contributed by atoms with E-state index in [0.29, 0.717) is 23.7 Å². The van der Waals surface area contributed by atoms with E-state index in [2.05, 4.69) is 11.4 Å². The fourth-order valence-corrected chi connectivity index (χ4v) is 1.60. The van der Waals surface area contributed by atoms with E-state index in [4.69, 9.17) is 21.6 Å². The van der Waals surface area contributed by atoms with Gasteiger partial charge in [-0.15, -0.1) is 0 Å². The smallest absolute Gasteiger partial charge is 0.184 e. The number of hydrogen-bond acceptors (Lipinski definition) is 3. The van der Waals surface area contributed by atoms with Gasteiger partial charge in [0, 0.05) is 12.1 Å². The summed E-state index contributed by atoms with van der Waals surface area (Å²) < 4.78 is 5.59. The van der Waals surface area contributed by atoms with Gasteiger partial charge in [0.1, 0.15) is 11.8 Å². The first-order chi connectivity index (χ1) is 7.72. The Labute approximate surface area is 101 Å². The molecule has 0 saturated carbocycles. The Morgan fingerprint density at radius 2 is 2.31 bits per heavy atom. The quantitative estimate of drug-likeness (QED) is 0.858. The van der Waals surface area contributed by atoms with Gasteiger partial charge in [0.2, 0.25) is 0 Å². The molecule has 1 rings (SSSR count). The molecule has 86 valence electrons. The number of benzene rings is 1. The maximum absolute atomic E-state index is 8.87. The van der Waals surface area contributed by atoms with Crippen LogP contribution in [0.15, 0.2) is 18.2 Å². The number of nitriles is 1. The van der Waals surface area contributed by atoms with Crippen molar-refractivity contribution in [2.75, 3.05) is 7.05 Å². The second-order valence-corrected chi connectivity index (χ2v) is 3.81. The highest BCUT2D eigenvalue weighted by Gasteiger charge is 2.12. The third-order valence-electron chi connectivity index (χ3n) is 2.19. The van der Waals surface area contributed by atoms with Crippen molar-refractivity contribution in [2.24, 2.45) is 0 Å². The number of rotatable bonds is 5. The molecular formula is C12H15ClN2O. The summed E-state index contributed by atoms with van der Waals surface area (Å²) in [6, 6.07) is 7.66. The van der Waals surface area contributed by atoms with Gasteiger partial charge in [0.25, 0.3) is 0 Å². The van der Waals surface area contributed by atoms with E-state index in [1.807, 2.05) is 26.1 Å². The molecule has 16 heavy (non-hydrogen) atoms. The SMILES string of the molecule is CCC(C#N)Oc1c(Cl)cccc1CNC. The summed E-state index contributed by atoms with van der Waals surface area (Å²) in [5.74, 6) is 0.604. The van der Waals surface area contributed by atoms with E-state index in [1.165, 1.54) is 0 Å². The lowest BCUT2D eigenvalue weighted by Gasteiger charge is -2.15. The first-order valence-electron chi connectivity index (χ1n) is 5.21. The molecule has 0 fully saturated rings. The van der Waals surface area contributed by atoms with E-state index in [9.17, 15) is 0 Å². The minimum absolute atomic E-state index is 0.449. The zero-order valence-electron chi connectivity index (χ0n) is 9.46. The molecule has 0 saturated heterocycles. The van der Waals surface area contributed by atoms with E-state index in [-0.39, 0.29) is 0 Å². The van der Waals surface area contributed by atoms with Crippen LogP contribution < -0.4 is 10.1 Å². The molecule has 0 radical (unpaired) electrons. The van der Waals surface area contributed by atoms with Crippen LogP contribution in [0.25, 0.3) is 0 Å². The lowest BCUT2D eigenvalue weighted by molar-refractivity contribution is 0.249. The van der Waals surface area contributed by atoms with Gasteiger partial charge < -0.3 is 10.1 Å². The standard InChI is InChI=1S/C12H15ClN2O/c1-3-10(7-14)16-12-9(8-15-2)5-4-6-11(12)13/h4-6,10,15H,3,8H2,1-2H3. The van der Waals surface area contributed by atoms with Crippen LogP contribution in [-0.4, -0.2) is 13.2 Å². The summed E-state index contributed by atoms with van der Waals surface area (Å²) in [5.41, 5.74) is 0.962. The van der Waals surface area contributed by atoms with Crippen LogP contribution in [0.1, 0.15) is 18.9 Å². The molecule has 4 heteroatoms. The van der Waals surface area contributed by atoms with Gasteiger partial charge >= 0.3 is 0 Å². The predicted octanol–water partition coefficient (Wildman–Crippen LogP) is 2.74. The van der Waals surface area contributed by atoms with Crippen molar-refractivity contribution in [1.82, 2.24) is 5.32 Å². The molecule has 0 aromatic heterocycles. The molecule has 3 nitrogen and oxygen atoms in total. The Morgan fingerprint density at radius 3 is 2.88 bits per heavy atom. The molecule has 0 amide bonds. The summed E-state index contributed by atoms with van der Waals surface area (Å²) in [6.07, 6.45) is 0.191. The number of nitrogens with zero attached hydrogens (tertiary/aromatic N) is 1. The summed E-state index contributed by atoms with van der Waals surface area (Å²) in [5, 5.41) is 12.4. The van der Waals surface area contributed by atoms with Crippen LogP contribution >= 0.6 is 11.6 Å². The third kappa shape index (κ3) is 3.13. The largest absolute Gasteiger partial charge is 0.474 e. The molecule has 1 aromatic rings. The highest BCUT2D eigenvalue weighted by molar-refractivity contribution is 6.32. The van der Waals surface area contributed by atoms with Gasteiger partial charge in [-0.1, -0.05) is 30.7 Å². The molecule has 1 aromatic carbocycles.